The Bertz CT molecular complexity index is 888. The van der Waals surface area contributed by atoms with Crippen LogP contribution in [0, 0.1) is 0 Å². The number of aromatic nitrogens is 3. The number of carbonyl (C=O) groups is 1. The first-order chi connectivity index (χ1) is 12.4. The van der Waals surface area contributed by atoms with Crippen molar-refractivity contribution < 1.29 is 9.53 Å². The van der Waals surface area contributed by atoms with Crippen LogP contribution in [0.1, 0.15) is 25.6 Å². The van der Waals surface area contributed by atoms with Crippen molar-refractivity contribution in [2.75, 3.05) is 0 Å². The van der Waals surface area contributed by atoms with E-state index in [1.807, 2.05) is 45.2 Å². The molecule has 0 saturated heterocycles. The van der Waals surface area contributed by atoms with E-state index in [1.165, 1.54) is 6.33 Å². The fourth-order valence-corrected chi connectivity index (χ4v) is 3.34. The number of nitrogens with one attached hydrogen (secondary N) is 1. The van der Waals surface area contributed by atoms with Gasteiger partial charge in [0.2, 0.25) is 0 Å². The van der Waals surface area contributed by atoms with E-state index in [0.717, 1.165) is 26.4 Å². The largest absolute Gasteiger partial charge is 0.444 e. The number of hydrogen-bond acceptors (Lipinski definition) is 6. The molecule has 0 fully saturated rings. The summed E-state index contributed by atoms with van der Waals surface area (Å²) in [4.78, 5) is 26.3. The number of thiophene rings is 1. The van der Waals surface area contributed by atoms with E-state index in [4.69, 9.17) is 4.74 Å². The third kappa shape index (κ3) is 4.64. The van der Waals surface area contributed by atoms with Crippen molar-refractivity contribution in [2.45, 2.75) is 32.9 Å². The quantitative estimate of drug-likeness (QED) is 0.743. The summed E-state index contributed by atoms with van der Waals surface area (Å²) in [5.41, 5.74) is 2.46. The van der Waals surface area contributed by atoms with Crippen molar-refractivity contribution in [3.8, 4) is 21.6 Å². The Morgan fingerprint density at radius 1 is 1.08 bits per heavy atom. The third-order valence-corrected chi connectivity index (χ3v) is 4.54. The maximum atomic E-state index is 11.8. The summed E-state index contributed by atoms with van der Waals surface area (Å²) in [6, 6.07) is 5.98. The molecule has 0 aliphatic heterocycles. The fraction of sp³-hybridized carbons (Fsp3) is 0.263. The molecular formula is C19H20N4O2S. The van der Waals surface area contributed by atoms with Gasteiger partial charge in [-0.1, -0.05) is 0 Å². The van der Waals surface area contributed by atoms with Gasteiger partial charge in [-0.2, -0.15) is 0 Å². The highest BCUT2D eigenvalue weighted by Crippen LogP contribution is 2.35. The van der Waals surface area contributed by atoms with Crippen molar-refractivity contribution in [2.24, 2.45) is 0 Å². The molecule has 3 rings (SSSR count). The van der Waals surface area contributed by atoms with E-state index in [-0.39, 0.29) is 0 Å². The van der Waals surface area contributed by atoms with Crippen LogP contribution in [0.25, 0.3) is 21.6 Å². The third-order valence-electron chi connectivity index (χ3n) is 3.43. The Labute approximate surface area is 156 Å². The number of hydrogen-bond donors (Lipinski definition) is 1. The Morgan fingerprint density at radius 2 is 1.85 bits per heavy atom. The van der Waals surface area contributed by atoms with Crippen molar-refractivity contribution in [1.82, 2.24) is 20.3 Å². The highest BCUT2D eigenvalue weighted by Gasteiger charge is 2.16. The Morgan fingerprint density at radius 3 is 2.58 bits per heavy atom. The zero-order valence-corrected chi connectivity index (χ0v) is 15.7. The van der Waals surface area contributed by atoms with Crippen molar-refractivity contribution in [1.29, 1.82) is 0 Å². The monoisotopic (exact) mass is 368 g/mol. The molecule has 1 N–H and O–H groups in total. The predicted molar refractivity (Wildman–Crippen MR) is 102 cm³/mol. The van der Waals surface area contributed by atoms with Crippen LogP contribution in [0.3, 0.4) is 0 Å². The van der Waals surface area contributed by atoms with Crippen LogP contribution in [0.5, 0.6) is 0 Å². The Balaban J connectivity index is 1.76. The second kappa shape index (κ2) is 7.61. The molecule has 1 amide bonds. The molecule has 0 aromatic carbocycles. The second-order valence-corrected chi connectivity index (χ2v) is 7.84. The SMILES string of the molecule is CC(C)(C)OC(=O)NCc1ccc(-c2cnccc2-c2cncnc2)s1. The molecule has 0 bridgehead atoms. The first-order valence-corrected chi connectivity index (χ1v) is 8.99. The summed E-state index contributed by atoms with van der Waals surface area (Å²) in [6.07, 6.45) is 8.24. The first kappa shape index (κ1) is 18.0. The van der Waals surface area contributed by atoms with Gasteiger partial charge >= 0.3 is 6.09 Å². The molecule has 0 aliphatic carbocycles. The van der Waals surface area contributed by atoms with Crippen LogP contribution < -0.4 is 5.32 Å². The average Bonchev–Trinajstić information content (AvgIpc) is 3.08. The number of ether oxygens (including phenoxy) is 1. The highest BCUT2D eigenvalue weighted by atomic mass is 32.1. The number of alkyl carbamates (subject to hydrolysis) is 1. The lowest BCUT2D eigenvalue weighted by atomic mass is 10.0. The minimum absolute atomic E-state index is 0.420. The van der Waals surface area contributed by atoms with E-state index < -0.39 is 11.7 Å². The molecular weight excluding hydrogens is 348 g/mol. The van der Waals surface area contributed by atoms with E-state index in [1.54, 1.807) is 29.9 Å². The Kier molecular flexibility index (Phi) is 5.27. The average molecular weight is 368 g/mol. The smallest absolute Gasteiger partial charge is 0.407 e. The lowest BCUT2D eigenvalue weighted by molar-refractivity contribution is 0.0524. The summed E-state index contributed by atoms with van der Waals surface area (Å²) in [7, 11) is 0. The number of nitrogens with zero attached hydrogens (tertiary/aromatic N) is 3. The van der Waals surface area contributed by atoms with E-state index in [2.05, 4.69) is 20.3 Å². The summed E-state index contributed by atoms with van der Waals surface area (Å²) in [6.45, 7) is 5.94. The van der Waals surface area contributed by atoms with Gasteiger partial charge in [0.1, 0.15) is 11.9 Å². The Hall–Kier alpha value is -2.80. The van der Waals surface area contributed by atoms with Gasteiger partial charge in [0, 0.05) is 45.7 Å². The number of rotatable bonds is 4. The van der Waals surface area contributed by atoms with Crippen LogP contribution >= 0.6 is 11.3 Å². The molecule has 0 saturated carbocycles. The minimum Gasteiger partial charge on any atom is -0.444 e. The summed E-state index contributed by atoms with van der Waals surface area (Å²) < 4.78 is 5.26. The molecule has 0 spiro atoms. The molecule has 3 heterocycles. The van der Waals surface area contributed by atoms with Crippen LogP contribution in [0.4, 0.5) is 4.79 Å². The van der Waals surface area contributed by atoms with E-state index >= 15 is 0 Å². The number of amides is 1. The molecule has 0 aliphatic rings. The molecule has 134 valence electrons. The van der Waals surface area contributed by atoms with Gasteiger partial charge in [0.05, 0.1) is 6.54 Å². The lowest BCUT2D eigenvalue weighted by Gasteiger charge is -2.19. The molecule has 7 heteroatoms. The van der Waals surface area contributed by atoms with Gasteiger partial charge in [-0.3, -0.25) is 4.98 Å². The summed E-state index contributed by atoms with van der Waals surface area (Å²) in [5, 5.41) is 2.78. The van der Waals surface area contributed by atoms with Gasteiger partial charge in [0.15, 0.2) is 0 Å². The van der Waals surface area contributed by atoms with Gasteiger partial charge in [-0.05, 0) is 44.5 Å². The molecule has 0 radical (unpaired) electrons. The maximum Gasteiger partial charge on any atom is 0.407 e. The van der Waals surface area contributed by atoms with Crippen LogP contribution in [0.15, 0.2) is 49.3 Å². The zero-order chi connectivity index (χ0) is 18.6. The standard InChI is InChI=1S/C19H20N4O2S/c1-19(2,3)25-18(24)23-10-14-4-5-17(26-14)16-11-20-7-6-15(16)13-8-21-12-22-9-13/h4-9,11-12H,10H2,1-3H3,(H,23,24). The van der Waals surface area contributed by atoms with Crippen LogP contribution in [-0.4, -0.2) is 26.6 Å². The number of pyridine rings is 1. The molecule has 0 atom stereocenters. The van der Waals surface area contributed by atoms with E-state index in [9.17, 15) is 4.79 Å². The van der Waals surface area contributed by atoms with Crippen LogP contribution in [-0.2, 0) is 11.3 Å². The maximum absolute atomic E-state index is 11.8. The van der Waals surface area contributed by atoms with Crippen molar-refractivity contribution in [3.05, 3.63) is 54.2 Å². The second-order valence-electron chi connectivity index (χ2n) is 6.67. The highest BCUT2D eigenvalue weighted by molar-refractivity contribution is 7.15. The minimum atomic E-state index is -0.507. The van der Waals surface area contributed by atoms with Crippen molar-refractivity contribution in [3.63, 3.8) is 0 Å². The fourth-order valence-electron chi connectivity index (χ4n) is 2.37. The van der Waals surface area contributed by atoms with Gasteiger partial charge in [0.25, 0.3) is 0 Å². The predicted octanol–water partition coefficient (Wildman–Crippen LogP) is 4.29. The van der Waals surface area contributed by atoms with E-state index in [0.29, 0.717) is 6.54 Å². The van der Waals surface area contributed by atoms with Crippen LogP contribution in [0.2, 0.25) is 0 Å². The summed E-state index contributed by atoms with van der Waals surface area (Å²) >= 11 is 1.60. The molecule has 3 aromatic heterocycles. The topological polar surface area (TPSA) is 77.0 Å². The van der Waals surface area contributed by atoms with Gasteiger partial charge < -0.3 is 10.1 Å². The number of carbonyl (C=O) groups excluding carboxylic acids is 1. The molecule has 6 nitrogen and oxygen atoms in total. The normalized spacial score (nSPS) is 11.2. The zero-order valence-electron chi connectivity index (χ0n) is 14.9. The lowest BCUT2D eigenvalue weighted by Crippen LogP contribution is -2.31. The van der Waals surface area contributed by atoms with Gasteiger partial charge in [-0.25, -0.2) is 14.8 Å². The molecule has 3 aromatic rings. The van der Waals surface area contributed by atoms with Crippen molar-refractivity contribution >= 4 is 17.4 Å². The molecule has 26 heavy (non-hydrogen) atoms. The summed E-state index contributed by atoms with van der Waals surface area (Å²) in [5.74, 6) is 0. The molecule has 0 unspecified atom stereocenters. The van der Waals surface area contributed by atoms with Gasteiger partial charge in [-0.15, -0.1) is 11.3 Å². The first-order valence-electron chi connectivity index (χ1n) is 8.18.